The fourth-order valence-electron chi connectivity index (χ4n) is 2.29. The largest absolute Gasteiger partial charge is 0.468 e. The Labute approximate surface area is 104 Å². The Hall–Kier alpha value is -0.820. The summed E-state index contributed by atoms with van der Waals surface area (Å²) in [6, 6.07) is 0. The summed E-state index contributed by atoms with van der Waals surface area (Å²) in [5, 5.41) is 2.86. The maximum absolute atomic E-state index is 12.3. The second-order valence-corrected chi connectivity index (χ2v) is 4.77. The monoisotopic (exact) mass is 268 g/mol. The van der Waals surface area contributed by atoms with Crippen LogP contribution in [0.4, 0.5) is 13.2 Å². The molecule has 18 heavy (non-hydrogen) atoms. The van der Waals surface area contributed by atoms with Gasteiger partial charge in [0.05, 0.1) is 13.7 Å². The van der Waals surface area contributed by atoms with Crippen LogP contribution in [-0.2, 0) is 9.53 Å². The molecule has 1 aliphatic rings. The average molecular weight is 268 g/mol. The quantitative estimate of drug-likeness (QED) is 0.730. The molecule has 0 aromatic rings. The van der Waals surface area contributed by atoms with Crippen molar-refractivity contribution in [1.82, 2.24) is 10.2 Å². The Bertz CT molecular complexity index is 305. The van der Waals surface area contributed by atoms with Gasteiger partial charge in [-0.15, -0.1) is 0 Å². The first-order valence-electron chi connectivity index (χ1n) is 5.78. The highest BCUT2D eigenvalue weighted by Crippen LogP contribution is 2.40. The van der Waals surface area contributed by atoms with Crippen molar-refractivity contribution in [1.29, 1.82) is 0 Å². The summed E-state index contributed by atoms with van der Waals surface area (Å²) in [5.74, 6) is -0.452. The van der Waals surface area contributed by atoms with E-state index < -0.39 is 24.2 Å². The molecule has 106 valence electrons. The van der Waals surface area contributed by atoms with E-state index in [9.17, 15) is 18.0 Å². The Morgan fingerprint density at radius 2 is 1.94 bits per heavy atom. The molecule has 0 aliphatic heterocycles. The van der Waals surface area contributed by atoms with Crippen molar-refractivity contribution in [2.75, 3.05) is 34.3 Å². The van der Waals surface area contributed by atoms with Crippen molar-refractivity contribution in [2.24, 2.45) is 5.92 Å². The van der Waals surface area contributed by atoms with E-state index in [1.54, 1.807) is 7.05 Å². The van der Waals surface area contributed by atoms with Crippen molar-refractivity contribution in [3.05, 3.63) is 0 Å². The second kappa shape index (κ2) is 5.44. The summed E-state index contributed by atoms with van der Waals surface area (Å²) in [6.07, 6.45) is -2.61. The van der Waals surface area contributed by atoms with Gasteiger partial charge in [0.15, 0.2) is 0 Å². The minimum atomic E-state index is -4.27. The van der Waals surface area contributed by atoms with E-state index in [2.05, 4.69) is 5.32 Å². The summed E-state index contributed by atoms with van der Waals surface area (Å²) in [5.41, 5.74) is -1.03. The number of nitrogens with one attached hydrogen (secondary N) is 1. The van der Waals surface area contributed by atoms with E-state index in [-0.39, 0.29) is 12.5 Å². The molecule has 0 spiro atoms. The van der Waals surface area contributed by atoms with Crippen LogP contribution in [0, 0.1) is 5.92 Å². The van der Waals surface area contributed by atoms with E-state index in [1.807, 2.05) is 0 Å². The molecule has 1 N–H and O–H groups in total. The van der Waals surface area contributed by atoms with Crippen molar-refractivity contribution < 1.29 is 22.7 Å². The lowest BCUT2D eigenvalue weighted by Crippen LogP contribution is -2.60. The van der Waals surface area contributed by atoms with Crippen LogP contribution in [0.2, 0.25) is 0 Å². The van der Waals surface area contributed by atoms with Crippen LogP contribution in [0.3, 0.4) is 0 Å². The fraction of sp³-hybridized carbons (Fsp3) is 0.909. The third kappa shape index (κ3) is 3.58. The van der Waals surface area contributed by atoms with E-state index >= 15 is 0 Å². The molecule has 0 radical (unpaired) electrons. The first-order valence-corrected chi connectivity index (χ1v) is 5.78. The minimum Gasteiger partial charge on any atom is -0.468 e. The molecule has 1 rings (SSSR count). The zero-order valence-corrected chi connectivity index (χ0v) is 10.8. The van der Waals surface area contributed by atoms with Gasteiger partial charge in [-0.1, -0.05) is 0 Å². The molecule has 0 aromatic heterocycles. The summed E-state index contributed by atoms with van der Waals surface area (Å²) in [4.78, 5) is 13.0. The number of halogens is 3. The fourth-order valence-corrected chi connectivity index (χ4v) is 2.29. The van der Waals surface area contributed by atoms with Crippen LogP contribution in [-0.4, -0.2) is 56.9 Å². The number of hydrogen-bond acceptors (Lipinski definition) is 4. The number of methoxy groups -OCH3 is 1. The Balaban J connectivity index is 2.75. The van der Waals surface area contributed by atoms with Gasteiger partial charge in [-0.2, -0.15) is 13.2 Å². The number of hydrogen-bond donors (Lipinski definition) is 1. The van der Waals surface area contributed by atoms with E-state index in [1.165, 1.54) is 14.2 Å². The third-order valence-corrected chi connectivity index (χ3v) is 3.24. The summed E-state index contributed by atoms with van der Waals surface area (Å²) in [6.45, 7) is -1.06. The lowest BCUT2D eigenvalue weighted by molar-refractivity contribution is -0.157. The molecule has 0 heterocycles. The molecular weight excluding hydrogens is 249 g/mol. The number of carbonyl (C=O) groups is 1. The maximum atomic E-state index is 12.3. The summed E-state index contributed by atoms with van der Waals surface area (Å²) in [7, 11) is 4.18. The van der Waals surface area contributed by atoms with E-state index in [4.69, 9.17) is 4.74 Å². The highest BCUT2D eigenvalue weighted by Gasteiger charge is 2.52. The lowest BCUT2D eigenvalue weighted by atomic mass is 9.92. The lowest BCUT2D eigenvalue weighted by Gasteiger charge is -2.34. The molecule has 1 unspecified atom stereocenters. The minimum absolute atomic E-state index is 0.0135. The van der Waals surface area contributed by atoms with Gasteiger partial charge >= 0.3 is 12.1 Å². The highest BCUT2D eigenvalue weighted by molar-refractivity contribution is 5.82. The molecule has 1 fully saturated rings. The zero-order chi connectivity index (χ0) is 14.0. The third-order valence-electron chi connectivity index (χ3n) is 3.24. The van der Waals surface area contributed by atoms with Gasteiger partial charge in [0.1, 0.15) is 5.54 Å². The summed E-state index contributed by atoms with van der Waals surface area (Å²) < 4.78 is 41.6. The second-order valence-electron chi connectivity index (χ2n) is 4.77. The number of rotatable bonds is 6. The Morgan fingerprint density at radius 1 is 1.39 bits per heavy atom. The van der Waals surface area contributed by atoms with Crippen LogP contribution >= 0.6 is 0 Å². The predicted molar refractivity (Wildman–Crippen MR) is 60.1 cm³/mol. The zero-order valence-electron chi connectivity index (χ0n) is 10.8. The van der Waals surface area contributed by atoms with Gasteiger partial charge in [0.2, 0.25) is 0 Å². The maximum Gasteiger partial charge on any atom is 0.401 e. The normalized spacial score (nSPS) is 19.7. The average Bonchev–Trinajstić information content (AvgIpc) is 3.06. The van der Waals surface area contributed by atoms with Gasteiger partial charge < -0.3 is 10.1 Å². The summed E-state index contributed by atoms with van der Waals surface area (Å²) >= 11 is 0. The standard InChI is InChI=1S/C11H19F3N2O2/c1-15-10(8-4-5-8,9(17)18-3)6-16(2)7-11(12,13)14/h8,15H,4-7H2,1-3H3. The molecule has 1 atom stereocenters. The molecule has 0 bridgehead atoms. The molecule has 4 nitrogen and oxygen atoms in total. The molecule has 1 aliphatic carbocycles. The number of esters is 1. The number of likely N-dealkylation sites (N-methyl/N-ethyl adjacent to an activating group) is 2. The molecular formula is C11H19F3N2O2. The van der Waals surface area contributed by atoms with Gasteiger partial charge in [0, 0.05) is 6.54 Å². The van der Waals surface area contributed by atoms with E-state index in [0.29, 0.717) is 0 Å². The van der Waals surface area contributed by atoms with Crippen LogP contribution in [0.15, 0.2) is 0 Å². The van der Waals surface area contributed by atoms with Gasteiger partial charge in [-0.25, -0.2) is 4.79 Å². The first-order chi connectivity index (χ1) is 8.25. The van der Waals surface area contributed by atoms with Crippen molar-refractivity contribution in [3.8, 4) is 0 Å². The Kier molecular flexibility index (Phi) is 4.61. The molecule has 0 amide bonds. The van der Waals surface area contributed by atoms with Crippen molar-refractivity contribution in [2.45, 2.75) is 24.6 Å². The van der Waals surface area contributed by atoms with Gasteiger partial charge in [0.25, 0.3) is 0 Å². The van der Waals surface area contributed by atoms with E-state index in [0.717, 1.165) is 17.7 Å². The van der Waals surface area contributed by atoms with Crippen molar-refractivity contribution in [3.63, 3.8) is 0 Å². The highest BCUT2D eigenvalue weighted by atomic mass is 19.4. The smallest absolute Gasteiger partial charge is 0.401 e. The Morgan fingerprint density at radius 3 is 2.28 bits per heavy atom. The molecule has 1 saturated carbocycles. The SMILES string of the molecule is CNC(CN(C)CC(F)(F)F)(C(=O)OC)C1CC1. The van der Waals surface area contributed by atoms with Crippen LogP contribution < -0.4 is 5.32 Å². The van der Waals surface area contributed by atoms with Crippen LogP contribution in [0.25, 0.3) is 0 Å². The van der Waals surface area contributed by atoms with Gasteiger partial charge in [-0.3, -0.25) is 4.90 Å². The molecule has 0 saturated heterocycles. The van der Waals surface area contributed by atoms with Crippen molar-refractivity contribution >= 4 is 5.97 Å². The molecule has 0 aromatic carbocycles. The van der Waals surface area contributed by atoms with Gasteiger partial charge in [-0.05, 0) is 32.9 Å². The first kappa shape index (κ1) is 15.2. The predicted octanol–water partition coefficient (Wildman–Crippen LogP) is 1.02. The molecule has 7 heteroatoms. The number of ether oxygens (including phenoxy) is 1. The number of alkyl halides is 3. The van der Waals surface area contributed by atoms with Crippen LogP contribution in [0.1, 0.15) is 12.8 Å². The number of nitrogens with zero attached hydrogens (tertiary/aromatic N) is 1. The topological polar surface area (TPSA) is 41.6 Å². The van der Waals surface area contributed by atoms with Crippen LogP contribution in [0.5, 0.6) is 0 Å². The number of carbonyl (C=O) groups excluding carboxylic acids is 1.